The van der Waals surface area contributed by atoms with Gasteiger partial charge in [-0.3, -0.25) is 0 Å². The van der Waals surface area contributed by atoms with Crippen LogP contribution in [0.1, 0.15) is 0 Å². The number of nitrogens with zero attached hydrogens (tertiary/aromatic N) is 4. The molecule has 0 atom stereocenters. The molecule has 2 heterocycles. The van der Waals surface area contributed by atoms with Crippen LogP contribution < -0.4 is 19.3 Å². The number of hydrogen-bond acceptors (Lipinski definition) is 7. The summed E-state index contributed by atoms with van der Waals surface area (Å²) < 4.78 is 13.9. The van der Waals surface area contributed by atoms with E-state index in [2.05, 4.69) is 43.3 Å². The lowest BCUT2D eigenvalue weighted by Gasteiger charge is -2.39. The highest BCUT2D eigenvalue weighted by molar-refractivity contribution is 8.21. The molecule has 2 aromatic carbocycles. The lowest BCUT2D eigenvalue weighted by Crippen LogP contribution is -2.49. The van der Waals surface area contributed by atoms with E-state index in [4.69, 9.17) is 21.7 Å². The minimum atomic E-state index is 0.895. The molecular weight excluding hydrogens is 428 g/mol. The van der Waals surface area contributed by atoms with Crippen molar-refractivity contribution in [3.63, 3.8) is 0 Å². The summed E-state index contributed by atoms with van der Waals surface area (Å²) in [7, 11) is 3.40. The number of ether oxygens (including phenoxy) is 2. The topological polar surface area (TPSA) is 31.4 Å². The van der Waals surface area contributed by atoms with Gasteiger partial charge < -0.3 is 24.2 Å². The first-order chi connectivity index (χ1) is 15.2. The number of rotatable bonds is 5. The Balaban J connectivity index is 1.21. The van der Waals surface area contributed by atoms with Gasteiger partial charge in [-0.25, -0.2) is 4.31 Å². The zero-order valence-electron chi connectivity index (χ0n) is 18.2. The van der Waals surface area contributed by atoms with Crippen LogP contribution in [0.5, 0.6) is 11.5 Å². The Bertz CT molecular complexity index is 847. The van der Waals surface area contributed by atoms with Gasteiger partial charge in [0.1, 0.15) is 11.5 Å². The molecule has 166 valence electrons. The largest absolute Gasteiger partial charge is 0.497 e. The molecule has 0 bridgehead atoms. The summed E-state index contributed by atoms with van der Waals surface area (Å²) in [6.07, 6.45) is 0. The van der Waals surface area contributed by atoms with Gasteiger partial charge in [0.25, 0.3) is 0 Å². The third-order valence-electron chi connectivity index (χ3n) is 5.86. The van der Waals surface area contributed by atoms with Crippen LogP contribution in [-0.4, -0.2) is 80.1 Å². The van der Waals surface area contributed by atoms with Crippen molar-refractivity contribution < 1.29 is 9.47 Å². The highest BCUT2D eigenvalue weighted by atomic mass is 32.2. The van der Waals surface area contributed by atoms with E-state index in [9.17, 15) is 0 Å². The fourth-order valence-corrected chi connectivity index (χ4v) is 5.30. The minimum absolute atomic E-state index is 0.895. The molecule has 0 aromatic heterocycles. The Hall–Kier alpha value is -2.16. The first-order valence-corrected chi connectivity index (χ1v) is 11.8. The molecule has 0 unspecified atom stereocenters. The van der Waals surface area contributed by atoms with Crippen molar-refractivity contribution in [1.29, 1.82) is 0 Å². The Morgan fingerprint density at radius 2 is 1.10 bits per heavy atom. The molecular formula is C23H30N4O2S2. The van der Waals surface area contributed by atoms with E-state index in [0.717, 1.165) is 68.2 Å². The van der Waals surface area contributed by atoms with E-state index < -0.39 is 0 Å². The van der Waals surface area contributed by atoms with Crippen LogP contribution >= 0.6 is 24.2 Å². The normalized spacial score (nSPS) is 17.5. The average molecular weight is 459 g/mol. The first kappa shape index (κ1) is 22.0. The molecule has 0 radical (unpaired) electrons. The van der Waals surface area contributed by atoms with Gasteiger partial charge in [-0.2, -0.15) is 0 Å². The minimum Gasteiger partial charge on any atom is -0.497 e. The van der Waals surface area contributed by atoms with Gasteiger partial charge in [0.05, 0.1) is 14.2 Å². The molecule has 0 aliphatic carbocycles. The van der Waals surface area contributed by atoms with E-state index in [1.165, 1.54) is 11.4 Å². The summed E-state index contributed by atoms with van der Waals surface area (Å²) in [4.78, 5) is 7.18. The van der Waals surface area contributed by atoms with Gasteiger partial charge in [-0.05, 0) is 60.5 Å². The summed E-state index contributed by atoms with van der Waals surface area (Å²) in [6, 6.07) is 16.6. The number of piperazine rings is 2. The summed E-state index contributed by atoms with van der Waals surface area (Å²) >= 11 is 7.52. The SMILES string of the molecule is COc1ccc(N2CCN(SC(=S)N3CCN(c4ccc(OC)cc4)CC3)CC2)cc1. The van der Waals surface area contributed by atoms with Gasteiger partial charge in [0.15, 0.2) is 4.32 Å². The fraction of sp³-hybridized carbons (Fsp3) is 0.435. The van der Waals surface area contributed by atoms with E-state index in [1.54, 1.807) is 26.2 Å². The summed E-state index contributed by atoms with van der Waals surface area (Å²) in [5, 5.41) is 0. The number of hydrogen-bond donors (Lipinski definition) is 0. The predicted molar refractivity (Wildman–Crippen MR) is 134 cm³/mol. The lowest BCUT2D eigenvalue weighted by atomic mass is 10.2. The molecule has 0 N–H and O–H groups in total. The molecule has 0 amide bonds. The van der Waals surface area contributed by atoms with Crippen molar-refractivity contribution in [2.75, 3.05) is 76.4 Å². The number of anilines is 2. The molecule has 2 aliphatic rings. The van der Waals surface area contributed by atoms with Gasteiger partial charge in [0.2, 0.25) is 0 Å². The summed E-state index contributed by atoms with van der Waals surface area (Å²) in [5.41, 5.74) is 2.50. The molecule has 0 spiro atoms. The maximum absolute atomic E-state index is 5.78. The average Bonchev–Trinajstić information content (AvgIpc) is 2.85. The van der Waals surface area contributed by atoms with Crippen molar-refractivity contribution >= 4 is 39.9 Å². The van der Waals surface area contributed by atoms with Gasteiger partial charge >= 0.3 is 0 Å². The van der Waals surface area contributed by atoms with Crippen molar-refractivity contribution in [1.82, 2.24) is 9.21 Å². The zero-order chi connectivity index (χ0) is 21.6. The third-order valence-corrected chi connectivity index (χ3v) is 7.38. The van der Waals surface area contributed by atoms with Crippen LogP contribution in [0.25, 0.3) is 0 Å². The van der Waals surface area contributed by atoms with E-state index in [1.807, 2.05) is 24.3 Å². The smallest absolute Gasteiger partial charge is 0.151 e. The van der Waals surface area contributed by atoms with Crippen molar-refractivity contribution in [3.05, 3.63) is 48.5 Å². The number of methoxy groups -OCH3 is 2. The van der Waals surface area contributed by atoms with Crippen LogP contribution in [-0.2, 0) is 0 Å². The van der Waals surface area contributed by atoms with E-state index in [-0.39, 0.29) is 0 Å². The molecule has 0 saturated carbocycles. The Kier molecular flexibility index (Phi) is 7.42. The molecule has 6 nitrogen and oxygen atoms in total. The highest BCUT2D eigenvalue weighted by Crippen LogP contribution is 2.25. The molecule has 2 aromatic rings. The second-order valence-electron chi connectivity index (χ2n) is 7.64. The Labute approximate surface area is 194 Å². The van der Waals surface area contributed by atoms with Crippen LogP contribution in [0.2, 0.25) is 0 Å². The first-order valence-electron chi connectivity index (χ1n) is 10.7. The molecule has 2 aliphatic heterocycles. The molecule has 31 heavy (non-hydrogen) atoms. The predicted octanol–water partition coefficient (Wildman–Crippen LogP) is 3.58. The van der Waals surface area contributed by atoms with Crippen LogP contribution in [0.15, 0.2) is 48.5 Å². The lowest BCUT2D eigenvalue weighted by molar-refractivity contribution is 0.393. The maximum atomic E-state index is 5.78. The highest BCUT2D eigenvalue weighted by Gasteiger charge is 2.24. The standard InChI is InChI=1S/C23H30N4O2S2/c1-28-21-7-3-19(4-8-21)24-11-13-26(14-12-24)23(30)31-27-17-15-25(16-18-27)20-5-9-22(29-2)10-6-20/h3-10H,11-18H2,1-2H3. The van der Waals surface area contributed by atoms with Gasteiger partial charge in [0, 0.05) is 63.7 Å². The number of thiocarbonyl (C=S) groups is 1. The number of benzene rings is 2. The molecule has 2 fully saturated rings. The fourth-order valence-electron chi connectivity index (χ4n) is 3.94. The van der Waals surface area contributed by atoms with Crippen molar-refractivity contribution in [2.24, 2.45) is 0 Å². The Morgan fingerprint density at radius 1 is 0.677 bits per heavy atom. The second kappa shape index (κ2) is 10.4. The van der Waals surface area contributed by atoms with Gasteiger partial charge in [-0.15, -0.1) is 0 Å². The van der Waals surface area contributed by atoms with E-state index >= 15 is 0 Å². The van der Waals surface area contributed by atoms with Crippen molar-refractivity contribution in [3.8, 4) is 11.5 Å². The van der Waals surface area contributed by atoms with Crippen molar-refractivity contribution in [2.45, 2.75) is 0 Å². The van der Waals surface area contributed by atoms with E-state index in [0.29, 0.717) is 0 Å². The maximum Gasteiger partial charge on any atom is 0.151 e. The molecule has 4 rings (SSSR count). The van der Waals surface area contributed by atoms with Crippen LogP contribution in [0.3, 0.4) is 0 Å². The van der Waals surface area contributed by atoms with Crippen LogP contribution in [0.4, 0.5) is 11.4 Å². The second-order valence-corrected chi connectivity index (χ2v) is 9.37. The van der Waals surface area contributed by atoms with Gasteiger partial charge in [-0.1, -0.05) is 12.2 Å². The summed E-state index contributed by atoms with van der Waals surface area (Å²) in [6.45, 7) is 7.91. The zero-order valence-corrected chi connectivity index (χ0v) is 19.8. The molecule has 8 heteroatoms. The quantitative estimate of drug-likeness (QED) is 0.497. The van der Waals surface area contributed by atoms with Crippen LogP contribution in [0, 0.1) is 0 Å². The monoisotopic (exact) mass is 458 g/mol. The molecule has 2 saturated heterocycles. The third kappa shape index (κ3) is 5.56. The Morgan fingerprint density at radius 3 is 1.52 bits per heavy atom. The summed E-state index contributed by atoms with van der Waals surface area (Å²) in [5.74, 6) is 1.79.